The zero-order valence-electron chi connectivity index (χ0n) is 12.7. The quantitative estimate of drug-likeness (QED) is 0.713. The van der Waals surface area contributed by atoms with Gasteiger partial charge in [0.15, 0.2) is 0 Å². The molecule has 0 bridgehead atoms. The number of rotatable bonds is 7. The summed E-state index contributed by atoms with van der Waals surface area (Å²) in [5, 5.41) is 15.5. The maximum atomic E-state index is 12.2. The second-order valence-electron chi connectivity index (χ2n) is 5.03. The van der Waals surface area contributed by atoms with Crippen LogP contribution in [-0.2, 0) is 13.0 Å². The van der Waals surface area contributed by atoms with E-state index in [4.69, 9.17) is 0 Å². The van der Waals surface area contributed by atoms with Crippen molar-refractivity contribution in [3.63, 3.8) is 0 Å². The predicted octanol–water partition coefficient (Wildman–Crippen LogP) is 2.85. The molecule has 0 fully saturated rings. The molecule has 0 saturated heterocycles. The molecular formula is C15H17N5OS2. The Bertz CT molecular complexity index is 763. The fourth-order valence-corrected chi connectivity index (χ4v) is 3.47. The van der Waals surface area contributed by atoms with Gasteiger partial charge in [-0.2, -0.15) is 16.4 Å². The Labute approximate surface area is 142 Å². The first-order valence-corrected chi connectivity index (χ1v) is 9.15. The molecule has 120 valence electrons. The number of carbonyl (C=O) groups is 1. The molecule has 3 aromatic heterocycles. The van der Waals surface area contributed by atoms with Gasteiger partial charge in [0.05, 0.1) is 17.9 Å². The van der Waals surface area contributed by atoms with Gasteiger partial charge in [-0.15, -0.1) is 5.10 Å². The molecule has 0 spiro atoms. The molecule has 6 nitrogen and oxygen atoms in total. The van der Waals surface area contributed by atoms with Crippen molar-refractivity contribution in [1.82, 2.24) is 24.7 Å². The summed E-state index contributed by atoms with van der Waals surface area (Å²) in [5.74, 6) is -0.103. The third-order valence-electron chi connectivity index (χ3n) is 3.33. The van der Waals surface area contributed by atoms with Gasteiger partial charge in [0.25, 0.3) is 5.91 Å². The number of hydrogen-bond donors (Lipinski definition) is 1. The number of thiophene rings is 1. The summed E-state index contributed by atoms with van der Waals surface area (Å²) < 4.78 is 5.71. The Hall–Kier alpha value is -2.06. The number of aromatic nitrogens is 4. The van der Waals surface area contributed by atoms with Crippen LogP contribution < -0.4 is 5.32 Å². The van der Waals surface area contributed by atoms with E-state index in [0.29, 0.717) is 18.0 Å². The van der Waals surface area contributed by atoms with Gasteiger partial charge >= 0.3 is 0 Å². The Morgan fingerprint density at radius 3 is 3.09 bits per heavy atom. The van der Waals surface area contributed by atoms with Crippen LogP contribution >= 0.6 is 22.9 Å². The highest BCUT2D eigenvalue weighted by molar-refractivity contribution is 7.08. The lowest BCUT2D eigenvalue weighted by molar-refractivity contribution is 0.0955. The van der Waals surface area contributed by atoms with E-state index in [-0.39, 0.29) is 5.91 Å². The molecule has 0 unspecified atom stereocenters. The summed E-state index contributed by atoms with van der Waals surface area (Å²) in [6.45, 7) is 3.21. The molecule has 3 aromatic rings. The number of amides is 1. The van der Waals surface area contributed by atoms with Crippen LogP contribution in [0.4, 0.5) is 0 Å². The van der Waals surface area contributed by atoms with E-state index >= 15 is 0 Å². The van der Waals surface area contributed by atoms with Crippen molar-refractivity contribution < 1.29 is 4.79 Å². The van der Waals surface area contributed by atoms with Crippen molar-refractivity contribution >= 4 is 28.8 Å². The highest BCUT2D eigenvalue weighted by atomic mass is 32.1. The highest BCUT2D eigenvalue weighted by Gasteiger charge is 2.15. The fourth-order valence-electron chi connectivity index (χ4n) is 2.20. The zero-order chi connectivity index (χ0) is 16.1. The van der Waals surface area contributed by atoms with Crippen LogP contribution in [0.2, 0.25) is 0 Å². The third kappa shape index (κ3) is 3.83. The summed E-state index contributed by atoms with van der Waals surface area (Å²) in [6, 6.07) is 4.03. The minimum Gasteiger partial charge on any atom is -0.349 e. The highest BCUT2D eigenvalue weighted by Crippen LogP contribution is 2.19. The number of carbonyl (C=O) groups excluding carboxylic acids is 1. The van der Waals surface area contributed by atoms with E-state index < -0.39 is 0 Å². The monoisotopic (exact) mass is 347 g/mol. The van der Waals surface area contributed by atoms with E-state index in [1.165, 1.54) is 0 Å². The van der Waals surface area contributed by atoms with Crippen LogP contribution in [0.15, 0.2) is 29.1 Å². The average Bonchev–Trinajstić information content (AvgIpc) is 3.28. The first kappa shape index (κ1) is 15.8. The first-order chi connectivity index (χ1) is 11.3. The van der Waals surface area contributed by atoms with Gasteiger partial charge < -0.3 is 5.32 Å². The number of aryl methyl sites for hydroxylation is 1. The van der Waals surface area contributed by atoms with Crippen molar-refractivity contribution in [1.29, 1.82) is 0 Å². The minimum atomic E-state index is -0.103. The van der Waals surface area contributed by atoms with E-state index in [1.54, 1.807) is 11.3 Å². The molecule has 0 radical (unpaired) electrons. The van der Waals surface area contributed by atoms with Gasteiger partial charge in [0.2, 0.25) is 0 Å². The average molecular weight is 347 g/mol. The summed E-state index contributed by atoms with van der Waals surface area (Å²) in [7, 11) is 0. The van der Waals surface area contributed by atoms with Crippen molar-refractivity contribution in [2.45, 2.75) is 26.3 Å². The molecule has 0 aliphatic rings. The fraction of sp³-hybridized carbons (Fsp3) is 0.333. The van der Waals surface area contributed by atoms with Crippen LogP contribution in [0.3, 0.4) is 0 Å². The lowest BCUT2D eigenvalue weighted by Crippen LogP contribution is -2.27. The molecule has 0 saturated carbocycles. The number of nitrogens with one attached hydrogen (secondary N) is 1. The lowest BCUT2D eigenvalue weighted by Gasteiger charge is -2.04. The Morgan fingerprint density at radius 1 is 1.39 bits per heavy atom. The number of hydrogen-bond acceptors (Lipinski definition) is 6. The number of nitrogens with zero attached hydrogens (tertiary/aromatic N) is 4. The van der Waals surface area contributed by atoms with Crippen LogP contribution in [0.5, 0.6) is 0 Å². The van der Waals surface area contributed by atoms with Gasteiger partial charge in [-0.05, 0) is 35.5 Å². The maximum Gasteiger partial charge on any atom is 0.265 e. The van der Waals surface area contributed by atoms with Crippen LogP contribution in [0.1, 0.15) is 28.7 Å². The molecule has 0 aliphatic carbocycles. The van der Waals surface area contributed by atoms with Crippen LogP contribution in [-0.4, -0.2) is 31.8 Å². The maximum absolute atomic E-state index is 12.2. The Balaban J connectivity index is 1.53. The van der Waals surface area contributed by atoms with Crippen LogP contribution in [0.25, 0.3) is 11.3 Å². The van der Waals surface area contributed by atoms with Crippen molar-refractivity contribution in [2.24, 2.45) is 0 Å². The van der Waals surface area contributed by atoms with Crippen molar-refractivity contribution in [3.05, 3.63) is 39.7 Å². The summed E-state index contributed by atoms with van der Waals surface area (Å²) in [4.78, 5) is 12.8. The van der Waals surface area contributed by atoms with Crippen LogP contribution in [0, 0.1) is 0 Å². The van der Waals surface area contributed by atoms with Gasteiger partial charge in [-0.1, -0.05) is 17.8 Å². The zero-order valence-corrected chi connectivity index (χ0v) is 14.4. The Morgan fingerprint density at radius 2 is 2.30 bits per heavy atom. The molecular weight excluding hydrogens is 330 g/mol. The standard InChI is InChI=1S/C15H17N5OS2/c1-2-3-13-14(23-19-17-13)15(21)16-6-8-20-7-4-12(18-20)11-5-9-22-10-11/h4-5,7,9-10H,2-3,6,8H2,1H3,(H,16,21). The summed E-state index contributed by atoms with van der Waals surface area (Å²) in [5.41, 5.74) is 2.86. The first-order valence-electron chi connectivity index (χ1n) is 7.43. The molecule has 0 atom stereocenters. The second-order valence-corrected chi connectivity index (χ2v) is 6.56. The second kappa shape index (κ2) is 7.47. The molecule has 3 rings (SSSR count). The molecule has 8 heteroatoms. The van der Waals surface area contributed by atoms with E-state index in [2.05, 4.69) is 32.3 Å². The molecule has 1 amide bonds. The van der Waals surface area contributed by atoms with Gasteiger partial charge in [-0.25, -0.2) is 0 Å². The SMILES string of the molecule is CCCc1nnsc1C(=O)NCCn1ccc(-c2ccsc2)n1. The molecule has 0 aromatic carbocycles. The van der Waals surface area contributed by atoms with Gasteiger partial charge in [0.1, 0.15) is 4.88 Å². The van der Waals surface area contributed by atoms with Gasteiger partial charge in [-0.3, -0.25) is 9.48 Å². The van der Waals surface area contributed by atoms with Crippen molar-refractivity contribution in [2.75, 3.05) is 6.54 Å². The molecule has 23 heavy (non-hydrogen) atoms. The normalized spacial score (nSPS) is 10.8. The minimum absolute atomic E-state index is 0.103. The van der Waals surface area contributed by atoms with Crippen molar-refractivity contribution in [3.8, 4) is 11.3 Å². The summed E-state index contributed by atoms with van der Waals surface area (Å²) in [6.07, 6.45) is 3.66. The Kier molecular flexibility index (Phi) is 5.14. The summed E-state index contributed by atoms with van der Waals surface area (Å²) >= 11 is 2.80. The lowest BCUT2D eigenvalue weighted by atomic mass is 10.2. The third-order valence-corrected chi connectivity index (χ3v) is 4.78. The predicted molar refractivity (Wildman–Crippen MR) is 91.8 cm³/mol. The molecule has 3 heterocycles. The van der Waals surface area contributed by atoms with E-state index in [1.807, 2.05) is 28.4 Å². The smallest absolute Gasteiger partial charge is 0.265 e. The molecule has 1 N–H and O–H groups in total. The molecule has 0 aliphatic heterocycles. The van der Waals surface area contributed by atoms with E-state index in [0.717, 1.165) is 41.3 Å². The topological polar surface area (TPSA) is 72.7 Å². The van der Waals surface area contributed by atoms with Gasteiger partial charge in [0, 0.05) is 23.7 Å². The largest absolute Gasteiger partial charge is 0.349 e. The van der Waals surface area contributed by atoms with E-state index in [9.17, 15) is 4.79 Å².